The Labute approximate surface area is 125 Å². The number of nitrogens with one attached hydrogen (secondary N) is 1. The highest BCUT2D eigenvalue weighted by molar-refractivity contribution is 9.10. The van der Waals surface area contributed by atoms with Crippen LogP contribution in [0.5, 0.6) is 0 Å². The molecule has 0 bridgehead atoms. The van der Waals surface area contributed by atoms with E-state index in [-0.39, 0.29) is 5.92 Å². The minimum atomic E-state index is 0.0884. The van der Waals surface area contributed by atoms with Gasteiger partial charge in [0.25, 0.3) is 0 Å². The van der Waals surface area contributed by atoms with Gasteiger partial charge in [-0.25, -0.2) is 0 Å². The van der Waals surface area contributed by atoms with Gasteiger partial charge < -0.3 is 14.6 Å². The van der Waals surface area contributed by atoms with Crippen molar-refractivity contribution in [1.82, 2.24) is 20.4 Å². The number of halogens is 1. The standard InChI is InChI=1S/C13H15BrN4O2/c1-15-10-4-5-19-7-9(10)13-17-12(18-20-13)11-3-2-8(14)6-16-11/h2-3,6,9-10,15H,4-5,7H2,1H3. The van der Waals surface area contributed by atoms with Crippen molar-refractivity contribution in [2.75, 3.05) is 20.3 Å². The maximum Gasteiger partial charge on any atom is 0.234 e. The van der Waals surface area contributed by atoms with Crippen molar-refractivity contribution in [2.24, 2.45) is 0 Å². The number of pyridine rings is 1. The average Bonchev–Trinajstić information content (AvgIpc) is 2.97. The Morgan fingerprint density at radius 3 is 3.05 bits per heavy atom. The topological polar surface area (TPSA) is 73.1 Å². The van der Waals surface area contributed by atoms with E-state index in [4.69, 9.17) is 9.26 Å². The van der Waals surface area contributed by atoms with E-state index < -0.39 is 0 Å². The summed E-state index contributed by atoms with van der Waals surface area (Å²) in [6.07, 6.45) is 2.65. The maximum absolute atomic E-state index is 5.51. The lowest BCUT2D eigenvalue weighted by molar-refractivity contribution is 0.0516. The third kappa shape index (κ3) is 2.74. The first-order valence-electron chi connectivity index (χ1n) is 6.48. The molecule has 0 aliphatic carbocycles. The van der Waals surface area contributed by atoms with Crippen LogP contribution in [0.15, 0.2) is 27.3 Å². The number of ether oxygens (including phenoxy) is 1. The molecule has 7 heteroatoms. The first kappa shape index (κ1) is 13.7. The molecule has 1 aliphatic rings. The van der Waals surface area contributed by atoms with Crippen LogP contribution in [-0.2, 0) is 4.74 Å². The fourth-order valence-corrected chi connectivity index (χ4v) is 2.56. The van der Waals surface area contributed by atoms with Gasteiger partial charge in [0.2, 0.25) is 11.7 Å². The van der Waals surface area contributed by atoms with Crippen LogP contribution in [0.3, 0.4) is 0 Å². The van der Waals surface area contributed by atoms with Crippen molar-refractivity contribution in [1.29, 1.82) is 0 Å². The van der Waals surface area contributed by atoms with Gasteiger partial charge in [-0.3, -0.25) is 4.98 Å². The van der Waals surface area contributed by atoms with Crippen LogP contribution in [-0.4, -0.2) is 41.4 Å². The van der Waals surface area contributed by atoms with Gasteiger partial charge in [-0.15, -0.1) is 0 Å². The molecule has 1 saturated heterocycles. The number of rotatable bonds is 3. The van der Waals surface area contributed by atoms with Crippen LogP contribution in [0.4, 0.5) is 0 Å². The van der Waals surface area contributed by atoms with Crippen molar-refractivity contribution in [3.8, 4) is 11.5 Å². The van der Waals surface area contributed by atoms with Gasteiger partial charge in [0, 0.05) is 23.3 Å². The molecule has 2 unspecified atom stereocenters. The van der Waals surface area contributed by atoms with Crippen molar-refractivity contribution in [3.63, 3.8) is 0 Å². The predicted octanol–water partition coefficient (Wildman–Crippen LogP) is 1.99. The molecule has 6 nitrogen and oxygen atoms in total. The number of hydrogen-bond donors (Lipinski definition) is 1. The van der Waals surface area contributed by atoms with Crippen LogP contribution >= 0.6 is 15.9 Å². The summed E-state index contributed by atoms with van der Waals surface area (Å²) in [4.78, 5) is 8.72. The van der Waals surface area contributed by atoms with E-state index >= 15 is 0 Å². The number of nitrogens with zero attached hydrogens (tertiary/aromatic N) is 3. The van der Waals surface area contributed by atoms with E-state index in [9.17, 15) is 0 Å². The van der Waals surface area contributed by atoms with E-state index in [1.807, 2.05) is 19.2 Å². The third-order valence-electron chi connectivity index (χ3n) is 3.44. The van der Waals surface area contributed by atoms with Crippen molar-refractivity contribution >= 4 is 15.9 Å². The molecule has 20 heavy (non-hydrogen) atoms. The molecule has 2 atom stereocenters. The molecule has 0 aromatic carbocycles. The largest absolute Gasteiger partial charge is 0.381 e. The van der Waals surface area contributed by atoms with Crippen LogP contribution < -0.4 is 5.32 Å². The van der Waals surface area contributed by atoms with Crippen LogP contribution in [0.2, 0.25) is 0 Å². The fourth-order valence-electron chi connectivity index (χ4n) is 2.32. The molecule has 1 N–H and O–H groups in total. The summed E-state index contributed by atoms with van der Waals surface area (Å²) >= 11 is 3.35. The Morgan fingerprint density at radius 2 is 2.30 bits per heavy atom. The van der Waals surface area contributed by atoms with Gasteiger partial charge in [-0.1, -0.05) is 5.16 Å². The van der Waals surface area contributed by atoms with E-state index in [2.05, 4.69) is 36.4 Å². The van der Waals surface area contributed by atoms with Crippen LogP contribution in [0, 0.1) is 0 Å². The van der Waals surface area contributed by atoms with Gasteiger partial charge >= 0.3 is 0 Å². The predicted molar refractivity (Wildman–Crippen MR) is 76.3 cm³/mol. The summed E-state index contributed by atoms with van der Waals surface area (Å²) in [5.41, 5.74) is 0.695. The minimum Gasteiger partial charge on any atom is -0.381 e. The van der Waals surface area contributed by atoms with Crippen LogP contribution in [0.25, 0.3) is 11.5 Å². The molecule has 3 rings (SSSR count). The zero-order chi connectivity index (χ0) is 13.9. The molecule has 3 heterocycles. The second-order valence-corrected chi connectivity index (χ2v) is 5.60. The SMILES string of the molecule is CNC1CCOCC1c1nc(-c2ccc(Br)cn2)no1. The Balaban J connectivity index is 1.84. The zero-order valence-electron chi connectivity index (χ0n) is 11.0. The lowest BCUT2D eigenvalue weighted by Gasteiger charge is -2.28. The molecule has 0 amide bonds. The molecular formula is C13H15BrN4O2. The Kier molecular flexibility index (Phi) is 4.09. The maximum atomic E-state index is 5.51. The summed E-state index contributed by atoms with van der Waals surface area (Å²) < 4.78 is 11.8. The summed E-state index contributed by atoms with van der Waals surface area (Å²) in [5, 5.41) is 7.29. The van der Waals surface area contributed by atoms with Gasteiger partial charge in [0.05, 0.1) is 12.5 Å². The summed E-state index contributed by atoms with van der Waals surface area (Å²) in [5.74, 6) is 1.20. The zero-order valence-corrected chi connectivity index (χ0v) is 12.6. The molecule has 0 spiro atoms. The lowest BCUT2D eigenvalue weighted by atomic mass is 9.96. The number of hydrogen-bond acceptors (Lipinski definition) is 6. The fraction of sp³-hybridized carbons (Fsp3) is 0.462. The van der Waals surface area contributed by atoms with Gasteiger partial charge in [0.1, 0.15) is 5.69 Å². The highest BCUT2D eigenvalue weighted by atomic mass is 79.9. The minimum absolute atomic E-state index is 0.0884. The second kappa shape index (κ2) is 5.99. The normalized spacial score (nSPS) is 22.9. The molecule has 1 fully saturated rings. The average molecular weight is 339 g/mol. The lowest BCUT2D eigenvalue weighted by Crippen LogP contribution is -2.39. The summed E-state index contributed by atoms with van der Waals surface area (Å²) in [7, 11) is 1.94. The Bertz CT molecular complexity index is 572. The highest BCUT2D eigenvalue weighted by Crippen LogP contribution is 2.26. The van der Waals surface area contributed by atoms with E-state index in [1.165, 1.54) is 0 Å². The molecule has 0 saturated carbocycles. The second-order valence-electron chi connectivity index (χ2n) is 4.68. The van der Waals surface area contributed by atoms with Crippen molar-refractivity contribution in [2.45, 2.75) is 18.4 Å². The van der Waals surface area contributed by atoms with Gasteiger partial charge in [-0.2, -0.15) is 4.98 Å². The molecule has 2 aromatic heterocycles. The number of likely N-dealkylation sites (N-methyl/N-ethyl adjacent to an activating group) is 1. The highest BCUT2D eigenvalue weighted by Gasteiger charge is 2.30. The molecule has 0 radical (unpaired) electrons. The van der Waals surface area contributed by atoms with Crippen molar-refractivity contribution < 1.29 is 9.26 Å². The smallest absolute Gasteiger partial charge is 0.234 e. The van der Waals surface area contributed by atoms with E-state index in [0.29, 0.717) is 30.1 Å². The van der Waals surface area contributed by atoms with Crippen molar-refractivity contribution in [3.05, 3.63) is 28.7 Å². The quantitative estimate of drug-likeness (QED) is 0.922. The third-order valence-corrected chi connectivity index (χ3v) is 3.91. The van der Waals surface area contributed by atoms with Gasteiger partial charge in [0.15, 0.2) is 0 Å². The monoisotopic (exact) mass is 338 g/mol. The molecule has 2 aromatic rings. The van der Waals surface area contributed by atoms with E-state index in [1.54, 1.807) is 6.20 Å². The van der Waals surface area contributed by atoms with Crippen LogP contribution in [0.1, 0.15) is 18.2 Å². The summed E-state index contributed by atoms with van der Waals surface area (Å²) in [6.45, 7) is 1.36. The summed E-state index contributed by atoms with van der Waals surface area (Å²) in [6, 6.07) is 4.05. The molecule has 1 aliphatic heterocycles. The first-order chi connectivity index (χ1) is 9.78. The number of aromatic nitrogens is 3. The van der Waals surface area contributed by atoms with E-state index in [0.717, 1.165) is 17.5 Å². The molecular weight excluding hydrogens is 324 g/mol. The Morgan fingerprint density at radius 1 is 1.40 bits per heavy atom. The Hall–Kier alpha value is -1.31. The molecule has 106 valence electrons. The van der Waals surface area contributed by atoms with Gasteiger partial charge in [-0.05, 0) is 41.5 Å². The first-order valence-corrected chi connectivity index (χ1v) is 7.28.